The number of para-hydroxylation sites is 2. The summed E-state index contributed by atoms with van der Waals surface area (Å²) in [7, 11) is 0. The number of piperidine rings is 1. The summed E-state index contributed by atoms with van der Waals surface area (Å²) in [6.07, 6.45) is 9.63. The molecule has 7 heteroatoms. The van der Waals surface area contributed by atoms with Crippen molar-refractivity contribution in [2.45, 2.75) is 63.2 Å². The number of benzene rings is 2. The lowest BCUT2D eigenvalue weighted by molar-refractivity contribution is -0.125. The summed E-state index contributed by atoms with van der Waals surface area (Å²) in [5.41, 5.74) is 3.07. The number of rotatable bonds is 9. The van der Waals surface area contributed by atoms with Crippen LogP contribution in [0.5, 0.6) is 0 Å². The Bertz CT molecular complexity index is 1130. The molecular formula is C29H37FN4OS. The maximum absolute atomic E-state index is 13.4. The van der Waals surface area contributed by atoms with Crippen LogP contribution in [0.4, 0.5) is 10.3 Å². The van der Waals surface area contributed by atoms with Gasteiger partial charge in [0.05, 0.1) is 17.6 Å². The van der Waals surface area contributed by atoms with E-state index < -0.39 is 0 Å². The Kier molecular flexibility index (Phi) is 8.47. The second-order valence-corrected chi connectivity index (χ2v) is 11.6. The molecule has 1 aromatic heterocycles. The molecule has 0 radical (unpaired) electrons. The van der Waals surface area contributed by atoms with Gasteiger partial charge in [0.2, 0.25) is 11.9 Å². The summed E-state index contributed by atoms with van der Waals surface area (Å²) in [6, 6.07) is 14.8. The largest absolute Gasteiger partial charge is 0.356 e. The molecule has 2 fully saturated rings. The zero-order chi connectivity index (χ0) is 24.7. The third-order valence-corrected chi connectivity index (χ3v) is 9.03. The van der Waals surface area contributed by atoms with Crippen molar-refractivity contribution in [1.29, 1.82) is 0 Å². The molecule has 1 amide bonds. The quantitative estimate of drug-likeness (QED) is 0.360. The summed E-state index contributed by atoms with van der Waals surface area (Å²) in [4.78, 5) is 20.0. The van der Waals surface area contributed by atoms with Crippen molar-refractivity contribution < 1.29 is 9.18 Å². The molecule has 0 atom stereocenters. The number of thioether (sulfide) groups is 1. The maximum Gasteiger partial charge on any atom is 0.223 e. The molecule has 1 saturated carbocycles. The fraction of sp³-hybridized carbons (Fsp3) is 0.517. The zero-order valence-corrected chi connectivity index (χ0v) is 21.8. The molecule has 2 heterocycles. The van der Waals surface area contributed by atoms with Gasteiger partial charge in [0, 0.05) is 30.8 Å². The van der Waals surface area contributed by atoms with Crippen LogP contribution in [0, 0.1) is 11.7 Å². The first-order chi connectivity index (χ1) is 17.7. The summed E-state index contributed by atoms with van der Waals surface area (Å²) in [5, 5.41) is 4.03. The van der Waals surface area contributed by atoms with E-state index in [1.165, 1.54) is 44.2 Å². The number of aromatic nitrogens is 2. The number of carbonyl (C=O) groups is 1. The molecular weight excluding hydrogens is 471 g/mol. The number of amides is 1. The minimum absolute atomic E-state index is 0.0715. The molecule has 2 aromatic carbocycles. The number of hydrogen-bond acceptors (Lipinski definition) is 4. The van der Waals surface area contributed by atoms with Crippen LogP contribution >= 0.6 is 11.8 Å². The van der Waals surface area contributed by atoms with Crippen molar-refractivity contribution in [3.05, 3.63) is 59.9 Å². The second-order valence-electron chi connectivity index (χ2n) is 10.1. The summed E-state index contributed by atoms with van der Waals surface area (Å²) < 4.78 is 15.6. The van der Waals surface area contributed by atoms with Gasteiger partial charge in [-0.15, -0.1) is 0 Å². The van der Waals surface area contributed by atoms with Gasteiger partial charge in [-0.3, -0.25) is 4.79 Å². The Labute approximate surface area is 217 Å². The van der Waals surface area contributed by atoms with Crippen molar-refractivity contribution in [2.75, 3.05) is 30.3 Å². The lowest BCUT2D eigenvalue weighted by atomic mass is 9.96. The molecule has 36 heavy (non-hydrogen) atoms. The van der Waals surface area contributed by atoms with Crippen LogP contribution in [0.2, 0.25) is 0 Å². The fourth-order valence-corrected chi connectivity index (χ4v) is 6.80. The molecule has 1 aliphatic carbocycles. The molecule has 0 unspecified atom stereocenters. The van der Waals surface area contributed by atoms with Crippen LogP contribution < -0.4 is 10.2 Å². The molecule has 1 aliphatic heterocycles. The second kappa shape index (κ2) is 12.1. The van der Waals surface area contributed by atoms with Gasteiger partial charge in [-0.1, -0.05) is 43.5 Å². The van der Waals surface area contributed by atoms with E-state index in [1.807, 2.05) is 30.3 Å². The first-order valence-corrected chi connectivity index (χ1v) is 14.6. The van der Waals surface area contributed by atoms with E-state index in [9.17, 15) is 9.18 Å². The Morgan fingerprint density at radius 1 is 1.00 bits per heavy atom. The van der Waals surface area contributed by atoms with E-state index in [1.54, 1.807) is 0 Å². The predicted octanol–water partition coefficient (Wildman–Crippen LogP) is 6.01. The van der Waals surface area contributed by atoms with E-state index in [0.29, 0.717) is 6.54 Å². The molecule has 0 bridgehead atoms. The average Bonchev–Trinajstić information content (AvgIpc) is 3.28. The van der Waals surface area contributed by atoms with E-state index in [0.717, 1.165) is 72.4 Å². The highest BCUT2D eigenvalue weighted by molar-refractivity contribution is 7.99. The third kappa shape index (κ3) is 6.23. The lowest BCUT2D eigenvalue weighted by Crippen LogP contribution is -2.41. The minimum Gasteiger partial charge on any atom is -0.356 e. The van der Waals surface area contributed by atoms with Crippen LogP contribution in [0.15, 0.2) is 48.5 Å². The number of fused-ring (bicyclic) bond motifs is 1. The number of halogens is 1. The third-order valence-electron chi connectivity index (χ3n) is 7.56. The van der Waals surface area contributed by atoms with Crippen molar-refractivity contribution in [3.63, 3.8) is 0 Å². The monoisotopic (exact) mass is 508 g/mol. The molecule has 2 aliphatic rings. The highest BCUT2D eigenvalue weighted by atomic mass is 32.2. The molecule has 192 valence electrons. The number of hydrogen-bond donors (Lipinski definition) is 1. The number of nitrogens with zero attached hydrogens (tertiary/aromatic N) is 3. The van der Waals surface area contributed by atoms with E-state index in [-0.39, 0.29) is 17.6 Å². The Balaban J connectivity index is 1.14. The van der Waals surface area contributed by atoms with E-state index in [4.69, 9.17) is 4.98 Å². The van der Waals surface area contributed by atoms with Crippen LogP contribution in [-0.4, -0.2) is 46.1 Å². The van der Waals surface area contributed by atoms with Crippen molar-refractivity contribution in [3.8, 4) is 0 Å². The Morgan fingerprint density at radius 3 is 2.53 bits per heavy atom. The molecule has 1 saturated heterocycles. The summed E-state index contributed by atoms with van der Waals surface area (Å²) in [6.45, 7) is 3.03. The van der Waals surface area contributed by atoms with Crippen LogP contribution in [0.1, 0.15) is 56.9 Å². The highest BCUT2D eigenvalue weighted by Crippen LogP contribution is 2.29. The van der Waals surface area contributed by atoms with Gasteiger partial charge in [0.1, 0.15) is 5.82 Å². The van der Waals surface area contributed by atoms with Gasteiger partial charge in [0.15, 0.2) is 0 Å². The van der Waals surface area contributed by atoms with Gasteiger partial charge in [-0.2, -0.15) is 11.8 Å². The number of imidazole rings is 1. The predicted molar refractivity (Wildman–Crippen MR) is 147 cm³/mol. The van der Waals surface area contributed by atoms with Gasteiger partial charge in [-0.25, -0.2) is 9.37 Å². The number of carbonyl (C=O) groups excluding carboxylic acids is 1. The minimum atomic E-state index is -0.224. The van der Waals surface area contributed by atoms with Gasteiger partial charge in [-0.05, 0) is 67.7 Å². The van der Waals surface area contributed by atoms with Gasteiger partial charge in [0.25, 0.3) is 0 Å². The lowest BCUT2D eigenvalue weighted by Gasteiger charge is -2.32. The van der Waals surface area contributed by atoms with Crippen LogP contribution in [0.25, 0.3) is 11.0 Å². The maximum atomic E-state index is 13.4. The van der Waals surface area contributed by atoms with Crippen molar-refractivity contribution in [1.82, 2.24) is 14.9 Å². The first kappa shape index (κ1) is 25.1. The first-order valence-electron chi connectivity index (χ1n) is 13.5. The molecule has 5 rings (SSSR count). The Hall–Kier alpha value is -2.54. The average molecular weight is 509 g/mol. The summed E-state index contributed by atoms with van der Waals surface area (Å²) in [5.74, 6) is 2.13. The highest BCUT2D eigenvalue weighted by Gasteiger charge is 2.27. The molecule has 0 spiro atoms. The molecule has 1 N–H and O–H groups in total. The standard InChI is InChI=1S/C29H37FN4OS/c30-24-13-11-22(12-14-24)21-34-27-10-5-4-9-26(27)32-29(34)33-18-15-23(16-19-33)28(35)31-17-6-20-36-25-7-2-1-3-8-25/h4-5,9-14,23,25H,1-3,6-8,15-21H2,(H,31,35). The molecule has 5 nitrogen and oxygen atoms in total. The van der Waals surface area contributed by atoms with Gasteiger partial charge < -0.3 is 14.8 Å². The van der Waals surface area contributed by atoms with Crippen LogP contribution in [-0.2, 0) is 11.3 Å². The zero-order valence-electron chi connectivity index (χ0n) is 21.0. The van der Waals surface area contributed by atoms with E-state index >= 15 is 0 Å². The normalized spacial score (nSPS) is 17.5. The van der Waals surface area contributed by atoms with Crippen LogP contribution in [0.3, 0.4) is 0 Å². The number of anilines is 1. The Morgan fingerprint density at radius 2 is 1.75 bits per heavy atom. The topological polar surface area (TPSA) is 50.2 Å². The van der Waals surface area contributed by atoms with E-state index in [2.05, 4.69) is 32.6 Å². The summed E-state index contributed by atoms with van der Waals surface area (Å²) >= 11 is 2.10. The fourth-order valence-electron chi connectivity index (χ4n) is 5.48. The smallest absolute Gasteiger partial charge is 0.223 e. The SMILES string of the molecule is O=C(NCCCSC1CCCCC1)C1CCN(c2nc3ccccc3n2Cc2ccc(F)cc2)CC1. The van der Waals surface area contributed by atoms with Crippen molar-refractivity contribution in [2.24, 2.45) is 5.92 Å². The van der Waals surface area contributed by atoms with Crippen molar-refractivity contribution >= 4 is 34.7 Å². The number of nitrogens with one attached hydrogen (secondary N) is 1. The van der Waals surface area contributed by atoms with Gasteiger partial charge >= 0.3 is 0 Å². The molecule has 3 aromatic rings.